The Morgan fingerprint density at radius 2 is 2.15 bits per heavy atom. The van der Waals surface area contributed by atoms with Gasteiger partial charge in [-0.05, 0) is 56.5 Å². The molecule has 146 valence electrons. The van der Waals surface area contributed by atoms with Crippen LogP contribution in [-0.4, -0.2) is 42.7 Å². The number of hydrogen-bond acceptors (Lipinski definition) is 5. The maximum atomic E-state index is 12.5. The first kappa shape index (κ1) is 19.7. The number of ether oxygens (including phenoxy) is 1. The second kappa shape index (κ2) is 9.24. The first-order valence-electron chi connectivity index (χ1n) is 9.37. The first-order chi connectivity index (χ1) is 13.1. The van der Waals surface area contributed by atoms with Crippen LogP contribution >= 0.6 is 11.6 Å². The van der Waals surface area contributed by atoms with Gasteiger partial charge in [-0.2, -0.15) is 0 Å². The second-order valence-electron chi connectivity index (χ2n) is 6.91. The van der Waals surface area contributed by atoms with Gasteiger partial charge in [0.1, 0.15) is 5.75 Å². The van der Waals surface area contributed by atoms with Gasteiger partial charge in [0.25, 0.3) is 5.91 Å². The summed E-state index contributed by atoms with van der Waals surface area (Å²) in [7, 11) is 1.55. The van der Waals surface area contributed by atoms with Gasteiger partial charge in [-0.1, -0.05) is 23.7 Å². The molecule has 27 heavy (non-hydrogen) atoms. The van der Waals surface area contributed by atoms with Crippen LogP contribution in [0.5, 0.6) is 5.75 Å². The number of hydrogen-bond donors (Lipinski definition) is 1. The van der Waals surface area contributed by atoms with Gasteiger partial charge in [0.05, 0.1) is 24.9 Å². The van der Waals surface area contributed by atoms with Crippen LogP contribution in [-0.2, 0) is 13.0 Å². The molecule has 1 N–H and O–H groups in total. The van der Waals surface area contributed by atoms with Crippen LogP contribution in [0.4, 0.5) is 0 Å². The predicted molar refractivity (Wildman–Crippen MR) is 104 cm³/mol. The Balaban J connectivity index is 1.45. The number of amides is 1. The lowest BCUT2D eigenvalue weighted by molar-refractivity contribution is 0.0930. The van der Waals surface area contributed by atoms with Crippen LogP contribution in [0.25, 0.3) is 0 Å². The van der Waals surface area contributed by atoms with Gasteiger partial charge in [-0.3, -0.25) is 9.69 Å². The van der Waals surface area contributed by atoms with E-state index >= 15 is 0 Å². The highest BCUT2D eigenvalue weighted by atomic mass is 35.5. The lowest BCUT2D eigenvalue weighted by Crippen LogP contribution is -2.38. The maximum Gasteiger partial charge on any atom is 0.255 e. The molecule has 0 atom stereocenters. The molecule has 1 fully saturated rings. The summed E-state index contributed by atoms with van der Waals surface area (Å²) in [5.74, 6) is 1.78. The molecule has 0 spiro atoms. The van der Waals surface area contributed by atoms with Gasteiger partial charge < -0.3 is 14.6 Å². The van der Waals surface area contributed by atoms with Crippen molar-refractivity contribution < 1.29 is 14.1 Å². The van der Waals surface area contributed by atoms with Crippen molar-refractivity contribution in [1.82, 2.24) is 15.4 Å². The molecule has 1 aromatic heterocycles. The highest BCUT2D eigenvalue weighted by Crippen LogP contribution is 2.23. The number of aryl methyl sites for hydroxylation is 1. The summed E-state index contributed by atoms with van der Waals surface area (Å²) in [4.78, 5) is 14.8. The first-order valence-corrected chi connectivity index (χ1v) is 9.75. The normalized spacial score (nSPS) is 15.7. The van der Waals surface area contributed by atoms with Gasteiger partial charge in [0, 0.05) is 17.6 Å². The van der Waals surface area contributed by atoms with E-state index in [4.69, 9.17) is 20.9 Å². The third-order valence-electron chi connectivity index (χ3n) is 5.01. The highest BCUT2D eigenvalue weighted by Gasteiger charge is 2.22. The molecule has 1 aliphatic rings. The van der Waals surface area contributed by atoms with Gasteiger partial charge >= 0.3 is 0 Å². The number of nitrogens with zero attached hydrogens (tertiary/aromatic N) is 2. The van der Waals surface area contributed by atoms with Crippen molar-refractivity contribution in [2.45, 2.75) is 32.7 Å². The van der Waals surface area contributed by atoms with Crippen molar-refractivity contribution in [3.8, 4) is 5.75 Å². The smallest absolute Gasteiger partial charge is 0.255 e. The maximum absolute atomic E-state index is 12.5. The van der Waals surface area contributed by atoms with Crippen molar-refractivity contribution in [3.63, 3.8) is 0 Å². The molecular formula is C20H26ClN3O3. The third kappa shape index (κ3) is 5.23. The Kier molecular flexibility index (Phi) is 6.74. The molecule has 0 aliphatic carbocycles. The number of carbonyl (C=O) groups excluding carboxylic acids is 1. The molecule has 0 radical (unpaired) electrons. The van der Waals surface area contributed by atoms with Crippen molar-refractivity contribution in [2.24, 2.45) is 5.92 Å². The van der Waals surface area contributed by atoms with E-state index in [1.54, 1.807) is 25.3 Å². The van der Waals surface area contributed by atoms with E-state index in [2.05, 4.69) is 22.3 Å². The summed E-state index contributed by atoms with van der Waals surface area (Å²) in [6, 6.07) is 7.10. The minimum atomic E-state index is -0.148. The third-order valence-corrected chi connectivity index (χ3v) is 5.25. The number of rotatable bonds is 7. The standard InChI is InChI=1S/C20H26ClN3O3/c1-3-16-11-17(27-23-16)13-24-8-6-14(7-9-24)12-22-20(25)18-10-15(21)4-5-19(18)26-2/h4-5,10-11,14H,3,6-9,12-13H2,1-2H3,(H,22,25). The molecule has 6 nitrogen and oxygen atoms in total. The Hall–Kier alpha value is -2.05. The molecule has 1 aromatic carbocycles. The molecule has 0 unspecified atom stereocenters. The minimum Gasteiger partial charge on any atom is -0.496 e. The number of piperidine rings is 1. The number of likely N-dealkylation sites (tertiary alicyclic amines) is 1. The topological polar surface area (TPSA) is 67.6 Å². The zero-order chi connectivity index (χ0) is 19.2. The Bertz CT molecular complexity index is 770. The van der Waals surface area contributed by atoms with E-state index in [9.17, 15) is 4.79 Å². The predicted octanol–water partition coefficient (Wildman–Crippen LogP) is 3.54. The molecule has 3 rings (SSSR count). The SMILES string of the molecule is CCc1cc(CN2CCC(CNC(=O)c3cc(Cl)ccc3OC)CC2)on1. The quantitative estimate of drug-likeness (QED) is 0.781. The van der Waals surface area contributed by atoms with Gasteiger partial charge in [0.15, 0.2) is 5.76 Å². The summed E-state index contributed by atoms with van der Waals surface area (Å²) >= 11 is 6.01. The molecule has 1 aliphatic heterocycles. The lowest BCUT2D eigenvalue weighted by Gasteiger charge is -2.31. The van der Waals surface area contributed by atoms with Crippen LogP contribution in [0.2, 0.25) is 5.02 Å². The minimum absolute atomic E-state index is 0.148. The molecular weight excluding hydrogens is 366 g/mol. The Morgan fingerprint density at radius 3 is 2.81 bits per heavy atom. The van der Waals surface area contributed by atoms with Gasteiger partial charge in [-0.15, -0.1) is 0 Å². The fourth-order valence-corrected chi connectivity index (χ4v) is 3.53. The monoisotopic (exact) mass is 391 g/mol. The Labute approximate surface area is 164 Å². The molecule has 1 amide bonds. The average molecular weight is 392 g/mol. The average Bonchev–Trinajstić information content (AvgIpc) is 3.14. The van der Waals surface area contributed by atoms with E-state index in [1.165, 1.54) is 0 Å². The summed E-state index contributed by atoms with van der Waals surface area (Å²) in [6.45, 7) is 5.50. The van der Waals surface area contributed by atoms with Gasteiger partial charge in [0.2, 0.25) is 0 Å². The zero-order valence-electron chi connectivity index (χ0n) is 15.8. The number of carbonyl (C=O) groups is 1. The van der Waals surface area contributed by atoms with E-state index in [0.29, 0.717) is 28.8 Å². The molecule has 0 saturated carbocycles. The highest BCUT2D eigenvalue weighted by molar-refractivity contribution is 6.31. The zero-order valence-corrected chi connectivity index (χ0v) is 16.6. The second-order valence-corrected chi connectivity index (χ2v) is 7.35. The fourth-order valence-electron chi connectivity index (χ4n) is 3.36. The lowest BCUT2D eigenvalue weighted by atomic mass is 9.96. The van der Waals surface area contributed by atoms with Crippen LogP contribution in [0.15, 0.2) is 28.8 Å². The van der Waals surface area contributed by atoms with Crippen LogP contribution in [0.1, 0.15) is 41.6 Å². The van der Waals surface area contributed by atoms with Crippen LogP contribution in [0, 0.1) is 5.92 Å². The van der Waals surface area contributed by atoms with Crippen molar-refractivity contribution >= 4 is 17.5 Å². The number of nitrogens with one attached hydrogen (secondary N) is 1. The van der Waals surface area contributed by atoms with Crippen LogP contribution in [0.3, 0.4) is 0 Å². The number of halogens is 1. The van der Waals surface area contributed by atoms with E-state index < -0.39 is 0 Å². The number of aromatic nitrogens is 1. The largest absolute Gasteiger partial charge is 0.496 e. The van der Waals surface area contributed by atoms with Gasteiger partial charge in [-0.25, -0.2) is 0 Å². The summed E-state index contributed by atoms with van der Waals surface area (Å²) in [6.07, 6.45) is 2.98. The summed E-state index contributed by atoms with van der Waals surface area (Å²) < 4.78 is 10.6. The van der Waals surface area contributed by atoms with Crippen molar-refractivity contribution in [1.29, 1.82) is 0 Å². The number of benzene rings is 1. The summed E-state index contributed by atoms with van der Waals surface area (Å²) in [5, 5.41) is 7.59. The number of methoxy groups -OCH3 is 1. The molecule has 1 saturated heterocycles. The molecule has 2 heterocycles. The molecule has 0 bridgehead atoms. The van der Waals surface area contributed by atoms with E-state index in [-0.39, 0.29) is 5.91 Å². The fraction of sp³-hybridized carbons (Fsp3) is 0.500. The molecule has 7 heteroatoms. The Morgan fingerprint density at radius 1 is 1.37 bits per heavy atom. The van der Waals surface area contributed by atoms with Crippen LogP contribution < -0.4 is 10.1 Å². The van der Waals surface area contributed by atoms with Crippen molar-refractivity contribution in [2.75, 3.05) is 26.7 Å². The summed E-state index contributed by atoms with van der Waals surface area (Å²) in [5.41, 5.74) is 1.47. The van der Waals surface area contributed by atoms with E-state index in [1.807, 2.05) is 6.07 Å². The van der Waals surface area contributed by atoms with E-state index in [0.717, 1.165) is 50.4 Å². The van der Waals surface area contributed by atoms with Crippen molar-refractivity contribution in [3.05, 3.63) is 46.3 Å². The molecule has 2 aromatic rings.